The molecule has 0 spiro atoms. The van der Waals surface area contributed by atoms with Gasteiger partial charge in [-0.3, -0.25) is 0 Å². The van der Waals surface area contributed by atoms with Crippen molar-refractivity contribution in [2.75, 3.05) is 12.8 Å². The Labute approximate surface area is 183 Å². The van der Waals surface area contributed by atoms with Crippen molar-refractivity contribution in [1.29, 1.82) is 5.26 Å². The van der Waals surface area contributed by atoms with Gasteiger partial charge >= 0.3 is 12.1 Å². The Kier molecular flexibility index (Phi) is 6.01. The number of ether oxygens (including phenoxy) is 2. The Morgan fingerprint density at radius 2 is 1.90 bits per heavy atom. The van der Waals surface area contributed by atoms with E-state index in [2.05, 4.69) is 4.98 Å². The molecule has 2 N–H and O–H groups in total. The highest BCUT2D eigenvalue weighted by atomic mass is 35.5. The van der Waals surface area contributed by atoms with Gasteiger partial charge in [-0.2, -0.15) is 18.4 Å². The fourth-order valence-electron chi connectivity index (χ4n) is 2.64. The number of hydrogen-bond acceptors (Lipinski definition) is 6. The van der Waals surface area contributed by atoms with E-state index in [1.165, 1.54) is 29.0 Å². The summed E-state index contributed by atoms with van der Waals surface area (Å²) in [6.07, 6.45) is -3.37. The predicted octanol–water partition coefficient (Wildman–Crippen LogP) is 5.23. The number of halogens is 5. The third kappa shape index (κ3) is 4.38. The van der Waals surface area contributed by atoms with Crippen molar-refractivity contribution in [1.82, 2.24) is 9.55 Å². The van der Waals surface area contributed by atoms with Crippen LogP contribution in [0.2, 0.25) is 10.0 Å². The van der Waals surface area contributed by atoms with Crippen molar-refractivity contribution >= 4 is 34.9 Å². The monoisotopic (exact) mass is 470 g/mol. The van der Waals surface area contributed by atoms with Crippen LogP contribution in [0.25, 0.3) is 5.69 Å². The summed E-state index contributed by atoms with van der Waals surface area (Å²) in [5.74, 6) is -1.34. The van der Waals surface area contributed by atoms with Gasteiger partial charge in [-0.25, -0.2) is 9.78 Å². The van der Waals surface area contributed by atoms with Gasteiger partial charge in [0.15, 0.2) is 11.4 Å². The number of carbonyl (C=O) groups is 1. The van der Waals surface area contributed by atoms with Gasteiger partial charge in [-0.05, 0) is 18.2 Å². The van der Waals surface area contributed by atoms with Gasteiger partial charge in [0, 0.05) is 18.0 Å². The summed E-state index contributed by atoms with van der Waals surface area (Å²) in [5.41, 5.74) is 4.72. The molecular weight excluding hydrogens is 460 g/mol. The molecule has 7 nitrogen and oxygen atoms in total. The first-order chi connectivity index (χ1) is 14.6. The van der Waals surface area contributed by atoms with Crippen LogP contribution in [-0.2, 0) is 10.9 Å². The Bertz CT molecular complexity index is 1200. The van der Waals surface area contributed by atoms with Crippen LogP contribution in [0.5, 0.6) is 11.6 Å². The number of nitrogens with zero attached hydrogens (tertiary/aromatic N) is 3. The van der Waals surface area contributed by atoms with Gasteiger partial charge in [0.1, 0.15) is 11.8 Å². The summed E-state index contributed by atoms with van der Waals surface area (Å²) < 4.78 is 49.9. The number of aromatic nitrogens is 2. The smallest absolute Gasteiger partial charge is 0.433 e. The number of nitriles is 1. The zero-order chi connectivity index (χ0) is 22.9. The summed E-state index contributed by atoms with van der Waals surface area (Å²) in [7, 11) is 1.14. The number of benzene rings is 1. The molecule has 12 heteroatoms. The van der Waals surface area contributed by atoms with E-state index in [1.807, 2.05) is 6.07 Å². The van der Waals surface area contributed by atoms with E-state index in [-0.39, 0.29) is 44.3 Å². The highest BCUT2D eigenvalue weighted by Gasteiger charge is 2.33. The van der Waals surface area contributed by atoms with Crippen molar-refractivity contribution in [2.24, 2.45) is 0 Å². The Balaban J connectivity index is 2.05. The third-order valence-corrected chi connectivity index (χ3v) is 4.59. The summed E-state index contributed by atoms with van der Waals surface area (Å²) >= 11 is 12.5. The molecule has 1 aromatic carbocycles. The largest absolute Gasteiger partial charge is 0.464 e. The fraction of sp³-hybridized carbons (Fsp3) is 0.105. The second kappa shape index (κ2) is 8.37. The van der Waals surface area contributed by atoms with Crippen molar-refractivity contribution in [3.05, 3.63) is 63.5 Å². The van der Waals surface area contributed by atoms with Crippen molar-refractivity contribution in [3.63, 3.8) is 0 Å². The lowest BCUT2D eigenvalue weighted by Gasteiger charge is -2.14. The average molecular weight is 471 g/mol. The van der Waals surface area contributed by atoms with E-state index in [9.17, 15) is 23.2 Å². The molecule has 0 bridgehead atoms. The van der Waals surface area contributed by atoms with Crippen LogP contribution in [0.4, 0.5) is 18.9 Å². The second-order valence-corrected chi connectivity index (χ2v) is 6.79. The van der Waals surface area contributed by atoms with E-state index in [4.69, 9.17) is 38.4 Å². The molecule has 3 rings (SSSR count). The quantitative estimate of drug-likeness (QED) is 0.523. The van der Waals surface area contributed by atoms with Gasteiger partial charge in [0.25, 0.3) is 0 Å². The normalized spacial score (nSPS) is 11.1. The summed E-state index contributed by atoms with van der Waals surface area (Å²) in [6, 6.07) is 7.61. The molecule has 0 fully saturated rings. The van der Waals surface area contributed by atoms with Crippen LogP contribution in [0.15, 0.2) is 36.5 Å². The lowest BCUT2D eigenvalue weighted by atomic mass is 10.2. The number of rotatable bonds is 4. The molecule has 0 amide bonds. The molecule has 0 radical (unpaired) electrons. The number of carbonyl (C=O) groups excluding carboxylic acids is 1. The SMILES string of the molecule is COC(=O)c1c(N)c(C#N)cn1-c1cc(Cl)c(Oc2cccc(C(F)(F)F)n2)c(Cl)c1. The Morgan fingerprint density at radius 3 is 2.45 bits per heavy atom. The van der Waals surface area contributed by atoms with Gasteiger partial charge in [-0.1, -0.05) is 29.3 Å². The third-order valence-electron chi connectivity index (χ3n) is 4.03. The maximum atomic E-state index is 12.9. The summed E-state index contributed by atoms with van der Waals surface area (Å²) in [6.45, 7) is 0. The van der Waals surface area contributed by atoms with E-state index in [0.29, 0.717) is 0 Å². The molecule has 2 aromatic heterocycles. The number of hydrogen-bond donors (Lipinski definition) is 1. The fourth-order valence-corrected chi connectivity index (χ4v) is 3.19. The molecule has 3 aromatic rings. The van der Waals surface area contributed by atoms with Gasteiger partial charge < -0.3 is 19.8 Å². The number of alkyl halides is 3. The van der Waals surface area contributed by atoms with E-state index < -0.39 is 17.8 Å². The van der Waals surface area contributed by atoms with Crippen LogP contribution in [-0.4, -0.2) is 22.6 Å². The number of nitrogen functional groups attached to an aromatic ring is 1. The first kappa shape index (κ1) is 22.3. The standard InChI is InChI=1S/C19H11Cl2F3N4O3/c1-30-18(29)16-15(26)9(7-25)8-28(16)10-5-11(20)17(12(21)6-10)31-14-4-2-3-13(27-14)19(22,23)24/h2-6,8H,26H2,1H3. The molecule has 0 atom stereocenters. The molecule has 0 aliphatic heterocycles. The van der Waals surface area contributed by atoms with Crippen LogP contribution < -0.4 is 10.5 Å². The number of esters is 1. The summed E-state index contributed by atoms with van der Waals surface area (Å²) in [5, 5.41) is 9.01. The molecule has 0 saturated heterocycles. The van der Waals surface area contributed by atoms with Gasteiger partial charge in [-0.15, -0.1) is 0 Å². The molecule has 0 aliphatic rings. The lowest BCUT2D eigenvalue weighted by Crippen LogP contribution is -2.11. The van der Waals surface area contributed by atoms with Crippen molar-refractivity contribution < 1.29 is 27.4 Å². The zero-order valence-electron chi connectivity index (χ0n) is 15.5. The highest BCUT2D eigenvalue weighted by Crippen LogP contribution is 2.39. The zero-order valence-corrected chi connectivity index (χ0v) is 17.0. The number of anilines is 1. The maximum absolute atomic E-state index is 12.9. The van der Waals surface area contributed by atoms with Crippen LogP contribution in [0.3, 0.4) is 0 Å². The number of pyridine rings is 1. The molecule has 160 valence electrons. The van der Waals surface area contributed by atoms with Crippen LogP contribution in [0, 0.1) is 11.3 Å². The molecule has 2 heterocycles. The molecule has 0 unspecified atom stereocenters. The first-order valence-electron chi connectivity index (χ1n) is 8.27. The lowest BCUT2D eigenvalue weighted by molar-refractivity contribution is -0.141. The van der Waals surface area contributed by atoms with Gasteiger partial charge in [0.2, 0.25) is 5.88 Å². The van der Waals surface area contributed by atoms with Crippen molar-refractivity contribution in [2.45, 2.75) is 6.18 Å². The number of methoxy groups -OCH3 is 1. The van der Waals surface area contributed by atoms with E-state index >= 15 is 0 Å². The Hall–Kier alpha value is -3.42. The van der Waals surface area contributed by atoms with Gasteiger partial charge in [0.05, 0.1) is 28.4 Å². The summed E-state index contributed by atoms with van der Waals surface area (Å²) in [4.78, 5) is 15.5. The minimum atomic E-state index is -4.66. The second-order valence-electron chi connectivity index (χ2n) is 5.98. The first-order valence-corrected chi connectivity index (χ1v) is 9.03. The maximum Gasteiger partial charge on any atom is 0.433 e. The molecule has 0 saturated carbocycles. The van der Waals surface area contributed by atoms with Crippen molar-refractivity contribution in [3.8, 4) is 23.4 Å². The minimum Gasteiger partial charge on any atom is -0.464 e. The molecule has 31 heavy (non-hydrogen) atoms. The molecule has 0 aliphatic carbocycles. The van der Waals surface area contributed by atoms with E-state index in [0.717, 1.165) is 19.2 Å². The number of nitrogens with two attached hydrogens (primary N) is 1. The average Bonchev–Trinajstić information content (AvgIpc) is 3.06. The Morgan fingerprint density at radius 1 is 1.26 bits per heavy atom. The minimum absolute atomic E-state index is 0.0149. The van der Waals surface area contributed by atoms with E-state index in [1.54, 1.807) is 0 Å². The van der Waals surface area contributed by atoms with Crippen LogP contribution in [0.1, 0.15) is 21.7 Å². The molecular formula is C19H11Cl2F3N4O3. The highest BCUT2D eigenvalue weighted by molar-refractivity contribution is 6.37. The van der Waals surface area contributed by atoms with Crippen LogP contribution >= 0.6 is 23.2 Å². The topological polar surface area (TPSA) is 103 Å². The predicted molar refractivity (Wildman–Crippen MR) is 106 cm³/mol.